The zero-order chi connectivity index (χ0) is 25.7. The molecule has 0 aliphatic heterocycles. The molecule has 0 unspecified atom stereocenters. The van der Waals surface area contributed by atoms with Crippen molar-refractivity contribution in [1.29, 1.82) is 5.26 Å². The number of aromatic nitrogens is 1. The second-order valence-electron chi connectivity index (χ2n) is 7.98. The molecule has 0 atom stereocenters. The fourth-order valence-corrected chi connectivity index (χ4v) is 4.24. The molecule has 1 N–H and O–H groups in total. The largest absolute Gasteiger partial charge is 0.494 e. The Morgan fingerprint density at radius 1 is 1.17 bits per heavy atom. The van der Waals surface area contributed by atoms with E-state index in [1.54, 1.807) is 0 Å². The zero-order valence-corrected chi connectivity index (χ0v) is 20.7. The number of aromatic hydroxyl groups is 1. The SMILES string of the molecule is CCCCCOc1c(Cl)cc(C(=O)c2c(C)c(C#N)c(=O)n(Cc3ccc(F)cc3)c2O)cc1Cl. The highest BCUT2D eigenvalue weighted by molar-refractivity contribution is 6.38. The van der Waals surface area contributed by atoms with Crippen molar-refractivity contribution < 1.29 is 19.0 Å². The Kier molecular flexibility index (Phi) is 8.55. The van der Waals surface area contributed by atoms with E-state index in [1.165, 1.54) is 43.3 Å². The van der Waals surface area contributed by atoms with Gasteiger partial charge in [0, 0.05) is 5.56 Å². The first-order valence-electron chi connectivity index (χ1n) is 11.0. The summed E-state index contributed by atoms with van der Waals surface area (Å²) in [5.74, 6) is -1.51. The van der Waals surface area contributed by atoms with Gasteiger partial charge in [-0.05, 0) is 48.7 Å². The molecule has 3 aromatic rings. The number of nitriles is 1. The van der Waals surface area contributed by atoms with E-state index in [-0.39, 0.29) is 44.6 Å². The number of pyridine rings is 1. The van der Waals surface area contributed by atoms with Gasteiger partial charge in [-0.3, -0.25) is 14.2 Å². The first-order valence-corrected chi connectivity index (χ1v) is 11.7. The van der Waals surface area contributed by atoms with Crippen molar-refractivity contribution in [3.05, 3.63) is 90.4 Å². The number of carbonyl (C=O) groups excluding carboxylic acids is 1. The molecule has 0 fully saturated rings. The molecule has 0 saturated heterocycles. The Bertz CT molecular complexity index is 1340. The summed E-state index contributed by atoms with van der Waals surface area (Å²) >= 11 is 12.7. The predicted octanol–water partition coefficient (Wildman–Crippen LogP) is 6.03. The molecule has 0 radical (unpaired) electrons. The Morgan fingerprint density at radius 3 is 2.37 bits per heavy atom. The van der Waals surface area contributed by atoms with E-state index in [0.717, 1.165) is 23.8 Å². The molecule has 3 rings (SSSR count). The van der Waals surface area contributed by atoms with Crippen molar-refractivity contribution >= 4 is 29.0 Å². The summed E-state index contributed by atoms with van der Waals surface area (Å²) in [4.78, 5) is 26.3. The number of rotatable bonds is 9. The summed E-state index contributed by atoms with van der Waals surface area (Å²) in [5, 5.41) is 20.8. The molecular formula is C26H23Cl2FN2O4. The lowest BCUT2D eigenvalue weighted by atomic mass is 9.97. The number of ketones is 1. The highest BCUT2D eigenvalue weighted by atomic mass is 35.5. The van der Waals surface area contributed by atoms with Crippen LogP contribution in [0.2, 0.25) is 10.0 Å². The summed E-state index contributed by atoms with van der Waals surface area (Å²) in [6.45, 7) is 3.72. The fourth-order valence-electron chi connectivity index (χ4n) is 3.64. The van der Waals surface area contributed by atoms with Gasteiger partial charge in [-0.2, -0.15) is 5.26 Å². The van der Waals surface area contributed by atoms with Gasteiger partial charge in [-0.25, -0.2) is 4.39 Å². The number of hydrogen-bond donors (Lipinski definition) is 1. The topological polar surface area (TPSA) is 92.3 Å². The van der Waals surface area contributed by atoms with Crippen LogP contribution in [0.15, 0.2) is 41.2 Å². The van der Waals surface area contributed by atoms with Crippen LogP contribution in [-0.4, -0.2) is 22.1 Å². The summed E-state index contributed by atoms with van der Waals surface area (Å²) < 4.78 is 19.8. The molecule has 0 amide bonds. The zero-order valence-electron chi connectivity index (χ0n) is 19.2. The number of unbranched alkanes of at least 4 members (excludes halogenated alkanes) is 2. The molecule has 182 valence electrons. The van der Waals surface area contributed by atoms with Crippen LogP contribution in [-0.2, 0) is 6.54 Å². The molecule has 0 spiro atoms. The van der Waals surface area contributed by atoms with E-state index in [4.69, 9.17) is 27.9 Å². The van der Waals surface area contributed by atoms with Crippen LogP contribution in [0.5, 0.6) is 11.6 Å². The number of carbonyl (C=O) groups is 1. The number of benzene rings is 2. The lowest BCUT2D eigenvalue weighted by molar-refractivity contribution is 0.103. The normalized spacial score (nSPS) is 10.7. The smallest absolute Gasteiger partial charge is 0.271 e. The number of hydrogen-bond acceptors (Lipinski definition) is 5. The van der Waals surface area contributed by atoms with Gasteiger partial charge in [-0.15, -0.1) is 0 Å². The standard InChI is InChI=1S/C26H23Cl2FN2O4/c1-3-4-5-10-35-24-20(27)11-17(12-21(24)28)23(32)22-15(2)19(13-30)25(33)31(26(22)34)14-16-6-8-18(29)9-7-16/h6-9,11-12,34H,3-5,10,14H2,1-2H3. The van der Waals surface area contributed by atoms with Crippen molar-refractivity contribution in [2.45, 2.75) is 39.7 Å². The summed E-state index contributed by atoms with van der Waals surface area (Å²) in [7, 11) is 0. The molecule has 0 aliphatic rings. The average molecular weight is 517 g/mol. The summed E-state index contributed by atoms with van der Waals surface area (Å²) in [6, 6.07) is 9.83. The molecule has 0 saturated carbocycles. The molecule has 35 heavy (non-hydrogen) atoms. The first-order chi connectivity index (χ1) is 16.7. The molecule has 1 aromatic heterocycles. The highest BCUT2D eigenvalue weighted by Crippen LogP contribution is 2.36. The van der Waals surface area contributed by atoms with Gasteiger partial charge < -0.3 is 9.84 Å². The van der Waals surface area contributed by atoms with Crippen molar-refractivity contribution in [1.82, 2.24) is 4.57 Å². The van der Waals surface area contributed by atoms with E-state index in [2.05, 4.69) is 6.92 Å². The lowest BCUT2D eigenvalue weighted by Gasteiger charge is -2.16. The van der Waals surface area contributed by atoms with E-state index < -0.39 is 23.0 Å². The Balaban J connectivity index is 2.05. The molecule has 1 heterocycles. The third-order valence-corrected chi connectivity index (χ3v) is 6.10. The van der Waals surface area contributed by atoms with Crippen LogP contribution in [0.1, 0.15) is 58.8 Å². The van der Waals surface area contributed by atoms with Gasteiger partial charge in [0.25, 0.3) is 5.56 Å². The van der Waals surface area contributed by atoms with Gasteiger partial charge in [0.1, 0.15) is 17.4 Å². The second kappa shape index (κ2) is 11.4. The average Bonchev–Trinajstić information content (AvgIpc) is 2.82. The van der Waals surface area contributed by atoms with Crippen molar-refractivity contribution in [3.63, 3.8) is 0 Å². The van der Waals surface area contributed by atoms with Crippen LogP contribution in [0.3, 0.4) is 0 Å². The number of nitrogens with zero attached hydrogens (tertiary/aromatic N) is 2. The minimum atomic E-state index is -0.768. The maximum absolute atomic E-state index is 13.4. The van der Waals surface area contributed by atoms with Gasteiger partial charge in [0.2, 0.25) is 5.88 Å². The summed E-state index contributed by atoms with van der Waals surface area (Å²) in [6.07, 6.45) is 2.83. The number of halogens is 3. The number of ether oxygens (including phenoxy) is 1. The second-order valence-corrected chi connectivity index (χ2v) is 8.80. The Morgan fingerprint density at radius 2 is 1.80 bits per heavy atom. The van der Waals surface area contributed by atoms with Crippen LogP contribution in [0.4, 0.5) is 4.39 Å². The van der Waals surface area contributed by atoms with Crippen LogP contribution >= 0.6 is 23.2 Å². The third-order valence-electron chi connectivity index (χ3n) is 5.54. The molecule has 9 heteroatoms. The van der Waals surface area contributed by atoms with Crippen LogP contribution in [0, 0.1) is 24.1 Å². The fraction of sp³-hybridized carbons (Fsp3) is 0.269. The molecule has 0 bridgehead atoms. The molecule has 2 aromatic carbocycles. The predicted molar refractivity (Wildman–Crippen MR) is 132 cm³/mol. The van der Waals surface area contributed by atoms with Crippen LogP contribution < -0.4 is 10.3 Å². The van der Waals surface area contributed by atoms with Gasteiger partial charge >= 0.3 is 0 Å². The highest BCUT2D eigenvalue weighted by Gasteiger charge is 2.26. The molecular weight excluding hydrogens is 494 g/mol. The molecule has 0 aliphatic carbocycles. The minimum Gasteiger partial charge on any atom is -0.494 e. The van der Waals surface area contributed by atoms with Gasteiger partial charge in [0.05, 0.1) is 28.8 Å². The van der Waals surface area contributed by atoms with E-state index >= 15 is 0 Å². The van der Waals surface area contributed by atoms with Crippen molar-refractivity contribution in [3.8, 4) is 17.7 Å². The van der Waals surface area contributed by atoms with Gasteiger partial charge in [0.15, 0.2) is 11.5 Å². The molecule has 6 nitrogen and oxygen atoms in total. The van der Waals surface area contributed by atoms with E-state index in [1.807, 2.05) is 6.07 Å². The third kappa shape index (κ3) is 5.67. The van der Waals surface area contributed by atoms with Crippen LogP contribution in [0.25, 0.3) is 0 Å². The quantitative estimate of drug-likeness (QED) is 0.277. The minimum absolute atomic E-state index is 0.0301. The van der Waals surface area contributed by atoms with Gasteiger partial charge in [-0.1, -0.05) is 55.1 Å². The monoisotopic (exact) mass is 516 g/mol. The maximum Gasteiger partial charge on any atom is 0.271 e. The lowest BCUT2D eigenvalue weighted by Crippen LogP contribution is -2.27. The Labute approximate surface area is 212 Å². The Hall–Kier alpha value is -3.34. The first kappa shape index (κ1) is 26.3. The van der Waals surface area contributed by atoms with Crippen molar-refractivity contribution in [2.75, 3.05) is 6.61 Å². The van der Waals surface area contributed by atoms with E-state index in [9.17, 15) is 24.3 Å². The van der Waals surface area contributed by atoms with Crippen molar-refractivity contribution in [2.24, 2.45) is 0 Å². The maximum atomic E-state index is 13.4. The van der Waals surface area contributed by atoms with E-state index in [0.29, 0.717) is 12.2 Å². The summed E-state index contributed by atoms with van der Waals surface area (Å²) in [5.41, 5.74) is -0.716.